The highest BCUT2D eigenvalue weighted by atomic mass is 16.3. The summed E-state index contributed by atoms with van der Waals surface area (Å²) < 4.78 is 11.0. The Morgan fingerprint density at radius 1 is 0.538 bits per heavy atom. The standard InChI is InChI=1S/C47H32N4O/c1-48-45(47-46(49-2)38-17-8-11-22-43(38)52-47)30-23-26-33(27-24-30)50-40-20-10-7-16-37(40)44-34(18-12-21-41(44)50)31-25-28-36-35-15-6-9-19-39(35)51(42(36)29-31)32-13-4-3-5-14-32/h3-29H,2H2,1H3/b48-45-. The number of hydrogen-bond acceptors (Lipinski definition) is 3. The van der Waals surface area contributed by atoms with Crippen LogP contribution >= 0.6 is 0 Å². The minimum Gasteiger partial charge on any atom is -0.452 e. The Balaban J connectivity index is 1.13. The molecule has 3 aromatic heterocycles. The minimum atomic E-state index is 0.622. The first-order valence-corrected chi connectivity index (χ1v) is 17.4. The van der Waals surface area contributed by atoms with E-state index in [0.29, 0.717) is 11.4 Å². The first kappa shape index (κ1) is 29.9. The number of para-hydroxylation sites is 4. The van der Waals surface area contributed by atoms with Crippen molar-refractivity contribution in [2.24, 2.45) is 9.98 Å². The van der Waals surface area contributed by atoms with Gasteiger partial charge in [0.2, 0.25) is 0 Å². The van der Waals surface area contributed by atoms with Crippen LogP contribution in [-0.2, 0) is 0 Å². The van der Waals surface area contributed by atoms with Crippen molar-refractivity contribution in [2.75, 3.05) is 7.05 Å². The van der Waals surface area contributed by atoms with Crippen LogP contribution in [0, 0.1) is 0 Å². The molecule has 0 unspecified atom stereocenters. The van der Waals surface area contributed by atoms with E-state index in [0.717, 1.165) is 44.7 Å². The van der Waals surface area contributed by atoms with Crippen molar-refractivity contribution in [1.82, 2.24) is 9.13 Å². The van der Waals surface area contributed by atoms with Crippen molar-refractivity contribution in [1.29, 1.82) is 0 Å². The number of benzene rings is 7. The molecule has 0 saturated carbocycles. The zero-order valence-corrected chi connectivity index (χ0v) is 28.5. The van der Waals surface area contributed by atoms with Crippen LogP contribution in [0.1, 0.15) is 11.3 Å². The van der Waals surface area contributed by atoms with Gasteiger partial charge in [-0.25, -0.2) is 0 Å². The Labute approximate surface area is 300 Å². The van der Waals surface area contributed by atoms with E-state index in [1.165, 1.54) is 43.7 Å². The molecule has 52 heavy (non-hydrogen) atoms. The molecule has 0 N–H and O–H groups in total. The van der Waals surface area contributed by atoms with E-state index >= 15 is 0 Å². The van der Waals surface area contributed by atoms with E-state index in [1.54, 1.807) is 7.05 Å². The third kappa shape index (κ3) is 4.42. The van der Waals surface area contributed by atoms with Gasteiger partial charge in [-0.1, -0.05) is 103 Å². The van der Waals surface area contributed by atoms with Crippen LogP contribution in [0.15, 0.2) is 178 Å². The second-order valence-corrected chi connectivity index (χ2v) is 13.0. The lowest BCUT2D eigenvalue weighted by Gasteiger charge is -2.11. The van der Waals surface area contributed by atoms with Crippen LogP contribution < -0.4 is 0 Å². The summed E-state index contributed by atoms with van der Waals surface area (Å²) in [5, 5.41) is 5.85. The van der Waals surface area contributed by atoms with Crippen LogP contribution in [0.5, 0.6) is 0 Å². The van der Waals surface area contributed by atoms with Crippen molar-refractivity contribution in [3.8, 4) is 22.5 Å². The Kier molecular flexibility index (Phi) is 6.80. The highest BCUT2D eigenvalue weighted by Gasteiger charge is 2.21. The smallest absolute Gasteiger partial charge is 0.179 e. The molecule has 3 heterocycles. The van der Waals surface area contributed by atoms with Gasteiger partial charge in [0.15, 0.2) is 5.76 Å². The van der Waals surface area contributed by atoms with Crippen LogP contribution in [0.2, 0.25) is 0 Å². The van der Waals surface area contributed by atoms with E-state index in [9.17, 15) is 0 Å². The molecule has 0 aliphatic rings. The molecule has 5 heteroatoms. The molecule has 7 aromatic carbocycles. The van der Waals surface area contributed by atoms with Gasteiger partial charge < -0.3 is 13.6 Å². The van der Waals surface area contributed by atoms with Gasteiger partial charge >= 0.3 is 0 Å². The number of hydrogen-bond donors (Lipinski definition) is 0. The zero-order valence-electron chi connectivity index (χ0n) is 28.5. The van der Waals surface area contributed by atoms with E-state index in [2.05, 4.69) is 165 Å². The van der Waals surface area contributed by atoms with Crippen LogP contribution in [0.3, 0.4) is 0 Å². The van der Waals surface area contributed by atoms with Gasteiger partial charge in [0, 0.05) is 50.9 Å². The molecule has 0 amide bonds. The van der Waals surface area contributed by atoms with Gasteiger partial charge in [-0.05, 0) is 78.5 Å². The number of nitrogens with zero attached hydrogens (tertiary/aromatic N) is 4. The summed E-state index contributed by atoms with van der Waals surface area (Å²) in [4.78, 5) is 8.99. The molecule has 246 valence electrons. The lowest BCUT2D eigenvalue weighted by atomic mass is 9.98. The SMILES string of the molecule is C=Nc1c(/C(=N\C)c2ccc(-n3c4ccccc4c4c(-c5ccc6c7ccccc7n(-c7ccccc7)c6c5)cccc43)cc2)oc2ccccc12. The zero-order chi connectivity index (χ0) is 34.8. The van der Waals surface area contributed by atoms with Crippen molar-refractivity contribution < 1.29 is 4.42 Å². The number of fused-ring (bicyclic) bond motifs is 7. The highest BCUT2D eigenvalue weighted by molar-refractivity contribution is 6.19. The van der Waals surface area contributed by atoms with E-state index in [4.69, 9.17) is 4.42 Å². The fourth-order valence-corrected chi connectivity index (χ4v) is 8.01. The molecule has 10 rings (SSSR count). The molecule has 0 atom stereocenters. The Morgan fingerprint density at radius 3 is 1.92 bits per heavy atom. The molecule has 0 aliphatic carbocycles. The normalized spacial score (nSPS) is 12.1. The number of aromatic nitrogens is 2. The van der Waals surface area contributed by atoms with Crippen molar-refractivity contribution in [2.45, 2.75) is 0 Å². The molecule has 0 radical (unpaired) electrons. The number of furan rings is 1. The van der Waals surface area contributed by atoms with Crippen molar-refractivity contribution >= 4 is 72.7 Å². The molecule has 10 aromatic rings. The monoisotopic (exact) mass is 668 g/mol. The molecule has 0 spiro atoms. The van der Waals surface area contributed by atoms with Gasteiger partial charge in [-0.15, -0.1) is 0 Å². The minimum absolute atomic E-state index is 0.622. The lowest BCUT2D eigenvalue weighted by molar-refractivity contribution is 0.606. The van der Waals surface area contributed by atoms with Crippen LogP contribution in [0.4, 0.5) is 5.69 Å². The largest absolute Gasteiger partial charge is 0.452 e. The number of aliphatic imine (C=N–C) groups is 2. The first-order valence-electron chi connectivity index (χ1n) is 17.4. The maximum atomic E-state index is 6.28. The van der Waals surface area contributed by atoms with E-state index < -0.39 is 0 Å². The molecular weight excluding hydrogens is 637 g/mol. The Morgan fingerprint density at radius 2 is 1.15 bits per heavy atom. The number of rotatable bonds is 6. The maximum absolute atomic E-state index is 6.28. The first-order chi connectivity index (χ1) is 25.7. The fourth-order valence-electron chi connectivity index (χ4n) is 8.01. The van der Waals surface area contributed by atoms with Gasteiger partial charge in [-0.2, -0.15) is 0 Å². The summed E-state index contributed by atoms with van der Waals surface area (Å²) in [5.41, 5.74) is 12.4. The summed E-state index contributed by atoms with van der Waals surface area (Å²) in [6.45, 7) is 3.83. The summed E-state index contributed by atoms with van der Waals surface area (Å²) in [7, 11) is 1.79. The lowest BCUT2D eigenvalue weighted by Crippen LogP contribution is -2.03. The molecule has 0 bridgehead atoms. The molecule has 0 aliphatic heterocycles. The van der Waals surface area contributed by atoms with Gasteiger partial charge in [0.05, 0.1) is 22.1 Å². The molecule has 0 fully saturated rings. The molecule has 0 saturated heterocycles. The average molecular weight is 669 g/mol. The van der Waals surface area contributed by atoms with Gasteiger partial charge in [0.25, 0.3) is 0 Å². The predicted molar refractivity (Wildman–Crippen MR) is 218 cm³/mol. The van der Waals surface area contributed by atoms with Crippen LogP contribution in [-0.4, -0.2) is 28.6 Å². The summed E-state index contributed by atoms with van der Waals surface area (Å²) in [6, 6.07) is 58.0. The molecule has 5 nitrogen and oxygen atoms in total. The Bertz CT molecular complexity index is 3030. The summed E-state index contributed by atoms with van der Waals surface area (Å²) in [5.74, 6) is 0.622. The summed E-state index contributed by atoms with van der Waals surface area (Å²) >= 11 is 0. The van der Waals surface area contributed by atoms with Crippen molar-refractivity contribution in [3.05, 3.63) is 175 Å². The van der Waals surface area contributed by atoms with Crippen molar-refractivity contribution in [3.63, 3.8) is 0 Å². The van der Waals surface area contributed by atoms with E-state index in [1.807, 2.05) is 24.3 Å². The van der Waals surface area contributed by atoms with Crippen LogP contribution in [0.25, 0.3) is 77.1 Å². The van der Waals surface area contributed by atoms with E-state index in [-0.39, 0.29) is 0 Å². The average Bonchev–Trinajstić information content (AvgIpc) is 3.86. The Hall–Kier alpha value is -6.98. The topological polar surface area (TPSA) is 47.7 Å². The second kappa shape index (κ2) is 11.8. The van der Waals surface area contributed by atoms with Gasteiger partial charge in [-0.3, -0.25) is 9.98 Å². The third-order valence-electron chi connectivity index (χ3n) is 10.3. The predicted octanol–water partition coefficient (Wildman–Crippen LogP) is 12.1. The third-order valence-corrected chi connectivity index (χ3v) is 10.3. The fraction of sp³-hybridized carbons (Fsp3) is 0.0213. The highest BCUT2D eigenvalue weighted by Crippen LogP contribution is 2.41. The van der Waals surface area contributed by atoms with Gasteiger partial charge in [0.1, 0.15) is 17.0 Å². The summed E-state index contributed by atoms with van der Waals surface area (Å²) in [6.07, 6.45) is 0. The molecular formula is C47H32N4O. The second-order valence-electron chi connectivity index (χ2n) is 13.0. The quantitative estimate of drug-likeness (QED) is 0.163. The maximum Gasteiger partial charge on any atom is 0.179 e.